The quantitative estimate of drug-likeness (QED) is 0.0382. The second kappa shape index (κ2) is 48.6. The molecule has 0 bridgehead atoms. The second-order valence-electron chi connectivity index (χ2n) is 16.2. The molecule has 0 aliphatic carbocycles. The van der Waals surface area contributed by atoms with Crippen molar-refractivity contribution in [2.75, 3.05) is 0 Å². The number of carbonyl (C=O) groups excluding carboxylic acids is 2. The maximum Gasteiger partial charge on any atom is 0.313 e. The van der Waals surface area contributed by atoms with Gasteiger partial charge >= 0.3 is 17.9 Å². The maximum absolute atomic E-state index is 11.8. The minimum atomic E-state index is -0.655. The van der Waals surface area contributed by atoms with Gasteiger partial charge in [0.05, 0.1) is 0 Å². The molecule has 0 saturated heterocycles. The Balaban J connectivity index is 0. The number of hydrogen-bond donors (Lipinski definition) is 1. The number of ether oxygens (including phenoxy) is 1. The van der Waals surface area contributed by atoms with E-state index in [-0.39, 0.29) is 11.9 Å². The largest absolute Gasteiger partial charge is 0.481 e. The minimum Gasteiger partial charge on any atom is -0.481 e. The number of hydrogen-bond acceptors (Lipinski definition) is 4. The van der Waals surface area contributed by atoms with Crippen LogP contribution >= 0.6 is 0 Å². The van der Waals surface area contributed by atoms with Crippen LogP contribution in [0.25, 0.3) is 0 Å². The molecule has 0 radical (unpaired) electrons. The molecule has 316 valence electrons. The Kier molecular flexibility index (Phi) is 49.3. The summed E-state index contributed by atoms with van der Waals surface area (Å²) in [5, 5.41) is 8.49. The average molecular weight is 751 g/mol. The zero-order chi connectivity index (χ0) is 39.1. The van der Waals surface area contributed by atoms with E-state index in [0.29, 0.717) is 19.3 Å². The predicted octanol–water partition coefficient (Wildman–Crippen LogP) is 16.6. The molecule has 53 heavy (non-hydrogen) atoms. The smallest absolute Gasteiger partial charge is 0.313 e. The number of unbranched alkanes of at least 4 members (excludes halogenated alkanes) is 36. The highest BCUT2D eigenvalue weighted by Crippen LogP contribution is 2.16. The standard InChI is InChI=1S/C32H62O3.C16H32O2/c1-3-5-7-9-11-13-15-16-17-18-20-22-24-26-28-30-32(34)35-31(33)29-27-25-23-21-19-14-12-10-8-6-4-2;1-2-3-4-5-6-7-8-9-10-11-12-13-14-15-16(17)18/h3-30H2,1-2H3;2-15H2,1H3,(H,17,18). The topological polar surface area (TPSA) is 80.7 Å². The SMILES string of the molecule is CCCCCCCCCCCCCCCC(=O)O.CCCCCCCCCCCCCCCCCC(=O)OC(=O)CCCCCCCCCCCCC. The molecule has 0 spiro atoms. The Bertz CT molecular complexity index is 735. The first-order valence-electron chi connectivity index (χ1n) is 23.9. The Labute approximate surface area is 331 Å². The fraction of sp³-hybridized carbons (Fsp3) is 0.938. The van der Waals surface area contributed by atoms with Crippen LogP contribution in [0, 0.1) is 0 Å². The molecule has 0 aliphatic rings. The molecule has 0 heterocycles. The number of carboxylic acids is 1. The van der Waals surface area contributed by atoms with E-state index in [1.807, 2.05) is 0 Å². The summed E-state index contributed by atoms with van der Waals surface area (Å²) in [6, 6.07) is 0. The van der Waals surface area contributed by atoms with Crippen molar-refractivity contribution in [2.24, 2.45) is 0 Å². The van der Waals surface area contributed by atoms with Gasteiger partial charge in [0.2, 0.25) is 0 Å². The van der Waals surface area contributed by atoms with Crippen molar-refractivity contribution in [2.45, 2.75) is 290 Å². The van der Waals surface area contributed by atoms with Gasteiger partial charge in [0.15, 0.2) is 0 Å². The van der Waals surface area contributed by atoms with Crippen molar-refractivity contribution in [3.8, 4) is 0 Å². The molecular weight excluding hydrogens is 657 g/mol. The van der Waals surface area contributed by atoms with Gasteiger partial charge < -0.3 is 9.84 Å². The predicted molar refractivity (Wildman–Crippen MR) is 230 cm³/mol. The normalized spacial score (nSPS) is 11.0. The van der Waals surface area contributed by atoms with Crippen LogP contribution in [0.3, 0.4) is 0 Å². The van der Waals surface area contributed by atoms with Crippen molar-refractivity contribution in [3.05, 3.63) is 0 Å². The van der Waals surface area contributed by atoms with E-state index in [4.69, 9.17) is 9.84 Å². The van der Waals surface area contributed by atoms with Gasteiger partial charge in [-0.05, 0) is 19.3 Å². The number of carboxylic acid groups (broad SMARTS) is 1. The molecule has 5 nitrogen and oxygen atoms in total. The van der Waals surface area contributed by atoms with Crippen LogP contribution in [0.4, 0.5) is 0 Å². The van der Waals surface area contributed by atoms with Crippen LogP contribution in [-0.4, -0.2) is 23.0 Å². The van der Waals surface area contributed by atoms with Gasteiger partial charge in [0.1, 0.15) is 0 Å². The maximum atomic E-state index is 11.8. The molecule has 0 saturated carbocycles. The van der Waals surface area contributed by atoms with E-state index >= 15 is 0 Å². The van der Waals surface area contributed by atoms with Crippen LogP contribution < -0.4 is 0 Å². The summed E-state index contributed by atoms with van der Waals surface area (Å²) in [5.74, 6) is -1.31. The summed E-state index contributed by atoms with van der Waals surface area (Å²) in [5.41, 5.74) is 0. The number of carbonyl (C=O) groups is 3. The molecule has 0 unspecified atom stereocenters. The molecule has 0 aliphatic heterocycles. The molecular formula is C48H94O5. The van der Waals surface area contributed by atoms with Crippen LogP contribution in [0.15, 0.2) is 0 Å². The third-order valence-electron chi connectivity index (χ3n) is 10.7. The highest BCUT2D eigenvalue weighted by Gasteiger charge is 2.10. The third-order valence-corrected chi connectivity index (χ3v) is 10.7. The molecule has 0 aromatic carbocycles. The summed E-state index contributed by atoms with van der Waals surface area (Å²) < 4.78 is 4.98. The van der Waals surface area contributed by atoms with Gasteiger partial charge in [-0.3, -0.25) is 14.4 Å². The molecule has 0 fully saturated rings. The van der Waals surface area contributed by atoms with Crippen LogP contribution in [-0.2, 0) is 19.1 Å². The van der Waals surface area contributed by atoms with Crippen molar-refractivity contribution >= 4 is 17.9 Å². The van der Waals surface area contributed by atoms with Gasteiger partial charge in [-0.2, -0.15) is 0 Å². The van der Waals surface area contributed by atoms with Crippen LogP contribution in [0.2, 0.25) is 0 Å². The summed E-state index contributed by atoms with van der Waals surface area (Å²) in [6.07, 6.45) is 51.6. The third kappa shape index (κ3) is 52.8. The molecule has 0 amide bonds. The lowest BCUT2D eigenvalue weighted by Crippen LogP contribution is -2.11. The average Bonchev–Trinajstić information content (AvgIpc) is 3.14. The van der Waals surface area contributed by atoms with Crippen LogP contribution in [0.5, 0.6) is 0 Å². The van der Waals surface area contributed by atoms with Gasteiger partial charge in [-0.25, -0.2) is 0 Å². The van der Waals surface area contributed by atoms with Gasteiger partial charge in [-0.15, -0.1) is 0 Å². The second-order valence-corrected chi connectivity index (χ2v) is 16.2. The van der Waals surface area contributed by atoms with Crippen molar-refractivity contribution in [3.63, 3.8) is 0 Å². The lowest BCUT2D eigenvalue weighted by molar-refractivity contribution is -0.159. The first-order chi connectivity index (χ1) is 26.0. The van der Waals surface area contributed by atoms with Crippen molar-refractivity contribution in [1.82, 2.24) is 0 Å². The van der Waals surface area contributed by atoms with E-state index in [1.54, 1.807) is 0 Å². The first-order valence-corrected chi connectivity index (χ1v) is 23.9. The Morgan fingerprint density at radius 2 is 0.453 bits per heavy atom. The monoisotopic (exact) mass is 751 g/mol. The first kappa shape index (κ1) is 53.7. The summed E-state index contributed by atoms with van der Waals surface area (Å²) in [6.45, 7) is 6.79. The Hall–Kier alpha value is -1.39. The number of aliphatic carboxylic acids is 1. The van der Waals surface area contributed by atoms with Gasteiger partial charge in [0, 0.05) is 19.3 Å². The molecule has 1 N–H and O–H groups in total. The Morgan fingerprint density at radius 3 is 0.642 bits per heavy atom. The fourth-order valence-electron chi connectivity index (χ4n) is 7.10. The van der Waals surface area contributed by atoms with E-state index in [1.165, 1.54) is 212 Å². The van der Waals surface area contributed by atoms with Crippen molar-refractivity contribution < 1.29 is 24.2 Å². The fourth-order valence-corrected chi connectivity index (χ4v) is 7.10. The summed E-state index contributed by atoms with van der Waals surface area (Å²) >= 11 is 0. The molecule has 0 atom stereocenters. The highest BCUT2D eigenvalue weighted by atomic mass is 16.6. The lowest BCUT2D eigenvalue weighted by Gasteiger charge is -2.05. The van der Waals surface area contributed by atoms with E-state index in [0.717, 1.165) is 38.5 Å². The zero-order valence-corrected chi connectivity index (χ0v) is 36.3. The highest BCUT2D eigenvalue weighted by molar-refractivity contribution is 5.85. The van der Waals surface area contributed by atoms with E-state index in [2.05, 4.69) is 20.8 Å². The summed E-state index contributed by atoms with van der Waals surface area (Å²) in [7, 11) is 0. The van der Waals surface area contributed by atoms with E-state index < -0.39 is 5.97 Å². The van der Waals surface area contributed by atoms with Crippen molar-refractivity contribution in [1.29, 1.82) is 0 Å². The minimum absolute atomic E-state index is 0.326. The zero-order valence-electron chi connectivity index (χ0n) is 36.3. The number of rotatable bonds is 42. The van der Waals surface area contributed by atoms with Crippen LogP contribution in [0.1, 0.15) is 290 Å². The molecule has 0 aromatic heterocycles. The van der Waals surface area contributed by atoms with Gasteiger partial charge in [0.25, 0.3) is 0 Å². The van der Waals surface area contributed by atoms with E-state index in [9.17, 15) is 14.4 Å². The lowest BCUT2D eigenvalue weighted by atomic mass is 10.0. The molecule has 0 rings (SSSR count). The molecule has 0 aromatic rings. The molecule has 5 heteroatoms. The number of esters is 2. The Morgan fingerprint density at radius 1 is 0.283 bits per heavy atom. The van der Waals surface area contributed by atoms with Gasteiger partial charge in [-0.1, -0.05) is 252 Å². The summed E-state index contributed by atoms with van der Waals surface area (Å²) in [4.78, 5) is 34.0.